The predicted octanol–water partition coefficient (Wildman–Crippen LogP) is 3.11. The SMILES string of the molecule is COc1ccc(C(=O)Nc2ccc(N(C)C)c(Cl)c2)cc1S(=O)(=O)NC1CC1. The van der Waals surface area contributed by atoms with Gasteiger partial charge in [0.1, 0.15) is 10.6 Å². The molecule has 0 spiro atoms. The van der Waals surface area contributed by atoms with Crippen LogP contribution in [-0.2, 0) is 10.0 Å². The van der Waals surface area contributed by atoms with E-state index in [9.17, 15) is 13.2 Å². The lowest BCUT2D eigenvalue weighted by molar-refractivity contribution is 0.102. The van der Waals surface area contributed by atoms with Crippen molar-refractivity contribution >= 4 is 38.9 Å². The highest BCUT2D eigenvalue weighted by atomic mass is 35.5. The van der Waals surface area contributed by atoms with Gasteiger partial charge in [0.2, 0.25) is 10.0 Å². The molecule has 0 aromatic heterocycles. The Morgan fingerprint density at radius 3 is 2.46 bits per heavy atom. The molecule has 150 valence electrons. The Balaban J connectivity index is 1.86. The zero-order valence-corrected chi connectivity index (χ0v) is 17.4. The van der Waals surface area contributed by atoms with E-state index in [4.69, 9.17) is 16.3 Å². The molecular weight excluding hydrogens is 402 g/mol. The van der Waals surface area contributed by atoms with E-state index in [0.29, 0.717) is 10.7 Å². The number of rotatable bonds is 7. The van der Waals surface area contributed by atoms with Gasteiger partial charge < -0.3 is 15.0 Å². The molecule has 7 nitrogen and oxygen atoms in total. The lowest BCUT2D eigenvalue weighted by atomic mass is 10.2. The summed E-state index contributed by atoms with van der Waals surface area (Å²) >= 11 is 6.24. The Kier molecular flexibility index (Phi) is 5.83. The number of methoxy groups -OCH3 is 1. The van der Waals surface area contributed by atoms with E-state index in [1.54, 1.807) is 18.2 Å². The average Bonchev–Trinajstić information content (AvgIpc) is 3.44. The molecule has 1 saturated carbocycles. The van der Waals surface area contributed by atoms with Gasteiger partial charge >= 0.3 is 0 Å². The highest BCUT2D eigenvalue weighted by molar-refractivity contribution is 7.89. The minimum Gasteiger partial charge on any atom is -0.495 e. The maximum atomic E-state index is 12.6. The first-order chi connectivity index (χ1) is 13.2. The van der Waals surface area contributed by atoms with Gasteiger partial charge in [-0.25, -0.2) is 13.1 Å². The third kappa shape index (κ3) is 4.57. The Labute approximate surface area is 169 Å². The Hall–Kier alpha value is -2.29. The molecule has 0 radical (unpaired) electrons. The Morgan fingerprint density at radius 2 is 1.89 bits per heavy atom. The van der Waals surface area contributed by atoms with E-state index in [0.717, 1.165) is 18.5 Å². The number of nitrogens with one attached hydrogen (secondary N) is 2. The third-order valence-corrected chi connectivity index (χ3v) is 6.15. The number of hydrogen-bond acceptors (Lipinski definition) is 5. The smallest absolute Gasteiger partial charge is 0.255 e. The number of ether oxygens (including phenoxy) is 1. The standard InChI is InChI=1S/C19H22ClN3O4S/c1-23(2)16-8-7-14(11-15(16)20)21-19(24)12-4-9-17(27-3)18(10-12)28(25,26)22-13-5-6-13/h4,7-11,13,22H,5-6H2,1-3H3,(H,21,24). The number of halogens is 1. The molecule has 0 atom stereocenters. The average molecular weight is 424 g/mol. The quantitative estimate of drug-likeness (QED) is 0.714. The Morgan fingerprint density at radius 1 is 1.18 bits per heavy atom. The normalized spacial score (nSPS) is 13.9. The molecule has 1 aliphatic carbocycles. The van der Waals surface area contributed by atoms with Crippen LogP contribution in [0.25, 0.3) is 0 Å². The first kappa shape index (κ1) is 20.4. The zero-order valence-electron chi connectivity index (χ0n) is 15.8. The summed E-state index contributed by atoms with van der Waals surface area (Å²) in [7, 11) is 1.36. The molecule has 0 unspecified atom stereocenters. The van der Waals surface area contributed by atoms with Crippen LogP contribution < -0.4 is 19.7 Å². The van der Waals surface area contributed by atoms with E-state index in [1.807, 2.05) is 19.0 Å². The molecule has 1 fully saturated rings. The predicted molar refractivity (Wildman–Crippen MR) is 110 cm³/mol. The number of amides is 1. The monoisotopic (exact) mass is 423 g/mol. The molecule has 3 rings (SSSR count). The van der Waals surface area contributed by atoms with E-state index in [2.05, 4.69) is 10.0 Å². The minimum atomic E-state index is -3.77. The molecule has 2 N–H and O–H groups in total. The highest BCUT2D eigenvalue weighted by Gasteiger charge is 2.30. The molecule has 28 heavy (non-hydrogen) atoms. The van der Waals surface area contributed by atoms with Crippen LogP contribution in [0.4, 0.5) is 11.4 Å². The molecule has 2 aromatic rings. The fourth-order valence-corrected chi connectivity index (χ4v) is 4.51. The van der Waals surface area contributed by atoms with E-state index < -0.39 is 15.9 Å². The fourth-order valence-electron chi connectivity index (χ4n) is 2.66. The molecule has 0 bridgehead atoms. The number of carbonyl (C=O) groups is 1. The van der Waals surface area contributed by atoms with Crippen molar-refractivity contribution in [1.29, 1.82) is 0 Å². The van der Waals surface area contributed by atoms with Crippen molar-refractivity contribution in [3.8, 4) is 5.75 Å². The van der Waals surface area contributed by atoms with Gasteiger partial charge in [-0.1, -0.05) is 11.6 Å². The number of hydrogen-bond donors (Lipinski definition) is 2. The summed E-state index contributed by atoms with van der Waals surface area (Å²) in [6, 6.07) is 9.42. The van der Waals surface area contributed by atoms with E-state index in [-0.39, 0.29) is 22.3 Å². The first-order valence-electron chi connectivity index (χ1n) is 8.70. The number of benzene rings is 2. The molecule has 9 heteroatoms. The van der Waals surface area contributed by atoms with Crippen molar-refractivity contribution in [1.82, 2.24) is 4.72 Å². The van der Waals surface area contributed by atoms with Crippen molar-refractivity contribution in [2.75, 3.05) is 31.4 Å². The maximum absolute atomic E-state index is 12.6. The highest BCUT2D eigenvalue weighted by Crippen LogP contribution is 2.30. The molecule has 0 aliphatic heterocycles. The van der Waals surface area contributed by atoms with Crippen molar-refractivity contribution in [3.05, 3.63) is 47.0 Å². The number of sulfonamides is 1. The van der Waals surface area contributed by atoms with Gasteiger partial charge in [-0.3, -0.25) is 4.79 Å². The van der Waals surface area contributed by atoms with Crippen LogP contribution in [0, 0.1) is 0 Å². The van der Waals surface area contributed by atoms with Gasteiger partial charge in [0.15, 0.2) is 0 Å². The van der Waals surface area contributed by atoms with Gasteiger partial charge in [0, 0.05) is 31.4 Å². The first-order valence-corrected chi connectivity index (χ1v) is 10.6. The van der Waals surface area contributed by atoms with Crippen LogP contribution in [0.2, 0.25) is 5.02 Å². The number of carbonyl (C=O) groups excluding carboxylic acids is 1. The summed E-state index contributed by atoms with van der Waals surface area (Å²) in [5, 5.41) is 3.23. The molecule has 0 heterocycles. The van der Waals surface area contributed by atoms with Crippen LogP contribution in [0.1, 0.15) is 23.2 Å². The zero-order chi connectivity index (χ0) is 20.5. The molecule has 1 aliphatic rings. The van der Waals surface area contributed by atoms with Crippen LogP contribution in [0.15, 0.2) is 41.3 Å². The summed E-state index contributed by atoms with van der Waals surface area (Å²) in [6.45, 7) is 0. The van der Waals surface area contributed by atoms with Crippen molar-refractivity contribution < 1.29 is 17.9 Å². The summed E-state index contributed by atoms with van der Waals surface area (Å²) < 4.78 is 33.0. The van der Waals surface area contributed by atoms with Crippen LogP contribution in [-0.4, -0.2) is 41.6 Å². The molecule has 0 saturated heterocycles. The topological polar surface area (TPSA) is 87.7 Å². The van der Waals surface area contributed by atoms with E-state index in [1.165, 1.54) is 25.3 Å². The second kappa shape index (κ2) is 7.98. The van der Waals surface area contributed by atoms with Crippen LogP contribution in [0.3, 0.4) is 0 Å². The van der Waals surface area contributed by atoms with Crippen molar-refractivity contribution in [2.45, 2.75) is 23.8 Å². The molecule has 1 amide bonds. The van der Waals surface area contributed by atoms with Gasteiger partial charge in [-0.05, 0) is 49.2 Å². The summed E-state index contributed by atoms with van der Waals surface area (Å²) in [6.07, 6.45) is 1.62. The van der Waals surface area contributed by atoms with Crippen molar-refractivity contribution in [2.24, 2.45) is 0 Å². The number of nitrogens with zero attached hydrogens (tertiary/aromatic N) is 1. The van der Waals surface area contributed by atoms with Crippen molar-refractivity contribution in [3.63, 3.8) is 0 Å². The van der Waals surface area contributed by atoms with Gasteiger partial charge in [0.05, 0.1) is 17.8 Å². The van der Waals surface area contributed by atoms with Gasteiger partial charge in [0.25, 0.3) is 5.91 Å². The third-order valence-electron chi connectivity index (χ3n) is 4.30. The summed E-state index contributed by atoms with van der Waals surface area (Å²) in [5.74, 6) is -0.262. The summed E-state index contributed by atoms with van der Waals surface area (Å²) in [4.78, 5) is 14.4. The largest absolute Gasteiger partial charge is 0.495 e. The minimum absolute atomic E-state index is 0.0513. The fraction of sp³-hybridized carbons (Fsp3) is 0.316. The van der Waals surface area contributed by atoms with Gasteiger partial charge in [-0.15, -0.1) is 0 Å². The lowest BCUT2D eigenvalue weighted by Gasteiger charge is -2.16. The number of anilines is 2. The Bertz CT molecular complexity index is 1000. The second-order valence-corrected chi connectivity index (χ2v) is 8.87. The second-order valence-electron chi connectivity index (χ2n) is 6.78. The maximum Gasteiger partial charge on any atom is 0.255 e. The van der Waals surface area contributed by atoms with Crippen LogP contribution in [0.5, 0.6) is 5.75 Å². The van der Waals surface area contributed by atoms with E-state index >= 15 is 0 Å². The lowest BCUT2D eigenvalue weighted by Crippen LogP contribution is -2.26. The molecule has 2 aromatic carbocycles. The summed E-state index contributed by atoms with van der Waals surface area (Å²) in [5.41, 5.74) is 1.53. The van der Waals surface area contributed by atoms with Gasteiger partial charge in [-0.2, -0.15) is 0 Å². The van der Waals surface area contributed by atoms with Crippen LogP contribution >= 0.6 is 11.6 Å². The molecular formula is C19H22ClN3O4S.